The molecule has 1 aromatic carbocycles. The Morgan fingerprint density at radius 2 is 2.10 bits per heavy atom. The summed E-state index contributed by atoms with van der Waals surface area (Å²) in [6.07, 6.45) is 1.03. The van der Waals surface area contributed by atoms with Crippen molar-refractivity contribution in [3.8, 4) is 0 Å². The zero-order valence-electron chi connectivity index (χ0n) is 11.3. The molecule has 108 valence electrons. The van der Waals surface area contributed by atoms with Crippen molar-refractivity contribution >= 4 is 17.5 Å². The van der Waals surface area contributed by atoms with Gasteiger partial charge in [0, 0.05) is 6.54 Å². The van der Waals surface area contributed by atoms with Gasteiger partial charge in [-0.1, -0.05) is 12.1 Å². The lowest BCUT2D eigenvalue weighted by molar-refractivity contribution is -0.117. The average molecular weight is 276 g/mol. The van der Waals surface area contributed by atoms with Crippen LogP contribution in [0.15, 0.2) is 24.3 Å². The molecule has 1 heterocycles. The van der Waals surface area contributed by atoms with Gasteiger partial charge in [0.1, 0.15) is 0 Å². The summed E-state index contributed by atoms with van der Waals surface area (Å²) in [4.78, 5) is 25.3. The fraction of sp³-hybridized carbons (Fsp3) is 0.429. The quantitative estimate of drug-likeness (QED) is 0.704. The Morgan fingerprint density at radius 1 is 1.35 bits per heavy atom. The maximum absolute atomic E-state index is 12.0. The van der Waals surface area contributed by atoms with Crippen molar-refractivity contribution in [1.82, 2.24) is 4.90 Å². The number of amides is 2. The Hall–Kier alpha value is -1.92. The van der Waals surface area contributed by atoms with E-state index >= 15 is 0 Å². The molecule has 2 rings (SSSR count). The predicted octanol–water partition coefficient (Wildman–Crippen LogP) is 0.00460. The second-order valence-electron chi connectivity index (χ2n) is 5.08. The van der Waals surface area contributed by atoms with E-state index in [1.54, 1.807) is 24.3 Å². The van der Waals surface area contributed by atoms with Gasteiger partial charge in [-0.15, -0.1) is 0 Å². The number of nitrogens with two attached hydrogens (primary N) is 2. The highest BCUT2D eigenvalue weighted by Crippen LogP contribution is 2.16. The number of primary amides is 1. The summed E-state index contributed by atoms with van der Waals surface area (Å²) in [6.45, 7) is 2.69. The van der Waals surface area contributed by atoms with Crippen LogP contribution in [-0.4, -0.2) is 42.9 Å². The molecule has 0 spiro atoms. The molecule has 1 aliphatic heterocycles. The molecule has 1 aliphatic rings. The van der Waals surface area contributed by atoms with E-state index < -0.39 is 5.91 Å². The number of likely N-dealkylation sites (tertiary alicyclic amines) is 1. The number of benzene rings is 1. The molecule has 6 nitrogen and oxygen atoms in total. The third-order valence-corrected chi connectivity index (χ3v) is 3.54. The highest BCUT2D eigenvalue weighted by molar-refractivity contribution is 6.03. The Bertz CT molecular complexity index is 504. The fourth-order valence-electron chi connectivity index (χ4n) is 2.45. The van der Waals surface area contributed by atoms with E-state index in [2.05, 4.69) is 10.2 Å². The van der Waals surface area contributed by atoms with Crippen molar-refractivity contribution in [3.63, 3.8) is 0 Å². The van der Waals surface area contributed by atoms with Crippen LogP contribution in [-0.2, 0) is 4.79 Å². The van der Waals surface area contributed by atoms with Gasteiger partial charge in [-0.05, 0) is 37.6 Å². The van der Waals surface area contributed by atoms with Gasteiger partial charge in [-0.25, -0.2) is 0 Å². The minimum absolute atomic E-state index is 0.142. The lowest BCUT2D eigenvalue weighted by Gasteiger charge is -2.16. The summed E-state index contributed by atoms with van der Waals surface area (Å²) in [6, 6.07) is 6.73. The lowest BCUT2D eigenvalue weighted by atomic mass is 10.1. The summed E-state index contributed by atoms with van der Waals surface area (Å²) >= 11 is 0. The molecule has 1 saturated heterocycles. The molecule has 1 unspecified atom stereocenters. The van der Waals surface area contributed by atoms with E-state index in [4.69, 9.17) is 11.5 Å². The zero-order chi connectivity index (χ0) is 14.5. The minimum Gasteiger partial charge on any atom is -0.366 e. The van der Waals surface area contributed by atoms with E-state index in [9.17, 15) is 9.59 Å². The van der Waals surface area contributed by atoms with Gasteiger partial charge in [-0.2, -0.15) is 0 Å². The Morgan fingerprint density at radius 3 is 2.75 bits per heavy atom. The van der Waals surface area contributed by atoms with Gasteiger partial charge in [0.05, 0.1) is 17.8 Å². The summed E-state index contributed by atoms with van der Waals surface area (Å²) in [5, 5.41) is 2.74. The van der Waals surface area contributed by atoms with Crippen molar-refractivity contribution in [2.24, 2.45) is 17.4 Å². The fourth-order valence-corrected chi connectivity index (χ4v) is 2.45. The molecular formula is C14H20N4O2. The van der Waals surface area contributed by atoms with Crippen molar-refractivity contribution in [2.45, 2.75) is 6.42 Å². The van der Waals surface area contributed by atoms with Crippen molar-refractivity contribution in [3.05, 3.63) is 29.8 Å². The number of nitrogens with one attached hydrogen (secondary N) is 1. The van der Waals surface area contributed by atoms with Gasteiger partial charge >= 0.3 is 0 Å². The normalized spacial score (nSPS) is 18.9. The monoisotopic (exact) mass is 276 g/mol. The molecular weight excluding hydrogens is 256 g/mol. The smallest absolute Gasteiger partial charge is 0.250 e. The van der Waals surface area contributed by atoms with E-state index in [0.717, 1.165) is 19.5 Å². The van der Waals surface area contributed by atoms with E-state index in [-0.39, 0.29) is 5.91 Å². The molecule has 20 heavy (non-hydrogen) atoms. The van der Waals surface area contributed by atoms with Crippen LogP contribution < -0.4 is 16.8 Å². The van der Waals surface area contributed by atoms with Gasteiger partial charge < -0.3 is 16.8 Å². The maximum Gasteiger partial charge on any atom is 0.250 e. The second kappa shape index (κ2) is 6.49. The molecule has 0 aliphatic carbocycles. The largest absolute Gasteiger partial charge is 0.366 e. The molecule has 0 radical (unpaired) electrons. The molecule has 1 aromatic rings. The minimum atomic E-state index is -0.551. The van der Waals surface area contributed by atoms with E-state index in [0.29, 0.717) is 30.3 Å². The third-order valence-electron chi connectivity index (χ3n) is 3.54. The first kappa shape index (κ1) is 14.5. The summed E-state index contributed by atoms with van der Waals surface area (Å²) in [7, 11) is 0. The zero-order valence-corrected chi connectivity index (χ0v) is 11.3. The van der Waals surface area contributed by atoms with Crippen LogP contribution in [0.2, 0.25) is 0 Å². The van der Waals surface area contributed by atoms with Crippen LogP contribution in [0.4, 0.5) is 5.69 Å². The number of hydrogen-bond acceptors (Lipinski definition) is 4. The maximum atomic E-state index is 12.0. The third kappa shape index (κ3) is 3.55. The molecule has 5 N–H and O–H groups in total. The topological polar surface area (TPSA) is 101 Å². The predicted molar refractivity (Wildman–Crippen MR) is 77.2 cm³/mol. The van der Waals surface area contributed by atoms with Crippen LogP contribution in [0.3, 0.4) is 0 Å². The molecule has 0 bridgehead atoms. The van der Waals surface area contributed by atoms with Crippen LogP contribution in [0.5, 0.6) is 0 Å². The number of carbonyl (C=O) groups excluding carboxylic acids is 2. The number of anilines is 1. The van der Waals surface area contributed by atoms with Crippen molar-refractivity contribution < 1.29 is 9.59 Å². The lowest BCUT2D eigenvalue weighted by Crippen LogP contribution is -2.32. The van der Waals surface area contributed by atoms with Gasteiger partial charge in [0.25, 0.3) is 5.91 Å². The summed E-state index contributed by atoms with van der Waals surface area (Å²) in [5.74, 6) is -0.220. The van der Waals surface area contributed by atoms with E-state index in [1.807, 2.05) is 0 Å². The first-order valence-corrected chi connectivity index (χ1v) is 6.71. The molecule has 2 amide bonds. The Balaban J connectivity index is 1.94. The SMILES string of the molecule is NCC1CCN(CC(=O)Nc2ccccc2C(N)=O)C1. The van der Waals surface area contributed by atoms with Crippen LogP contribution in [0, 0.1) is 5.92 Å². The highest BCUT2D eigenvalue weighted by Gasteiger charge is 2.23. The van der Waals surface area contributed by atoms with Crippen molar-refractivity contribution in [2.75, 3.05) is 31.5 Å². The first-order valence-electron chi connectivity index (χ1n) is 6.71. The Labute approximate surface area is 118 Å². The number of carbonyl (C=O) groups is 2. The number of para-hydroxylation sites is 1. The first-order chi connectivity index (χ1) is 9.60. The summed E-state index contributed by atoms with van der Waals surface area (Å²) in [5.41, 5.74) is 11.7. The van der Waals surface area contributed by atoms with Crippen LogP contribution >= 0.6 is 0 Å². The van der Waals surface area contributed by atoms with Gasteiger partial charge in [0.2, 0.25) is 5.91 Å². The second-order valence-corrected chi connectivity index (χ2v) is 5.08. The van der Waals surface area contributed by atoms with Gasteiger partial charge in [0.15, 0.2) is 0 Å². The standard InChI is InChI=1S/C14H20N4O2/c15-7-10-5-6-18(8-10)9-13(19)17-12-4-2-1-3-11(12)14(16)20/h1-4,10H,5-9,15H2,(H2,16,20)(H,17,19). The molecule has 0 aromatic heterocycles. The van der Waals surface area contributed by atoms with Crippen LogP contribution in [0.1, 0.15) is 16.8 Å². The van der Waals surface area contributed by atoms with E-state index in [1.165, 1.54) is 0 Å². The van der Waals surface area contributed by atoms with Gasteiger partial charge in [-0.3, -0.25) is 14.5 Å². The Kier molecular flexibility index (Phi) is 4.70. The average Bonchev–Trinajstić information content (AvgIpc) is 2.86. The highest BCUT2D eigenvalue weighted by atomic mass is 16.2. The molecule has 1 atom stereocenters. The van der Waals surface area contributed by atoms with Crippen LogP contribution in [0.25, 0.3) is 0 Å². The molecule has 1 fully saturated rings. The number of hydrogen-bond donors (Lipinski definition) is 3. The number of nitrogens with zero attached hydrogens (tertiary/aromatic N) is 1. The molecule has 0 saturated carbocycles. The van der Waals surface area contributed by atoms with Crippen molar-refractivity contribution in [1.29, 1.82) is 0 Å². The molecule has 6 heteroatoms. The number of rotatable bonds is 5. The summed E-state index contributed by atoms with van der Waals surface area (Å²) < 4.78 is 0.